The Labute approximate surface area is 194 Å². The predicted molar refractivity (Wildman–Crippen MR) is 131 cm³/mol. The molecule has 4 nitrogen and oxygen atoms in total. The molecule has 1 aliphatic rings. The zero-order valence-corrected chi connectivity index (χ0v) is 21.0. The molecule has 1 fully saturated rings. The summed E-state index contributed by atoms with van der Waals surface area (Å²) in [6.45, 7) is 8.47. The quantitative estimate of drug-likeness (QED) is 0.469. The van der Waals surface area contributed by atoms with Crippen LogP contribution in [-0.4, -0.2) is 25.4 Å². The molecule has 1 N–H and O–H groups in total. The molecule has 1 aliphatic carbocycles. The van der Waals surface area contributed by atoms with Gasteiger partial charge in [-0.05, 0) is 86.3 Å². The van der Waals surface area contributed by atoms with Crippen molar-refractivity contribution < 1.29 is 17.7 Å². The first-order valence-electron chi connectivity index (χ1n) is 11.8. The largest absolute Gasteiger partial charge is 0.390 e. The highest BCUT2D eigenvalue weighted by atomic mass is 32.2. The third-order valence-electron chi connectivity index (χ3n) is 7.46. The molecular formula is C27H38O4S. The lowest BCUT2D eigenvalue weighted by molar-refractivity contribution is 0.0391. The Balaban J connectivity index is 1.90. The molecule has 0 aliphatic heterocycles. The first kappa shape index (κ1) is 24.8. The van der Waals surface area contributed by atoms with Crippen molar-refractivity contribution in [2.24, 2.45) is 0 Å². The third-order valence-corrected chi connectivity index (χ3v) is 7.95. The van der Waals surface area contributed by atoms with E-state index in [1.807, 2.05) is 13.0 Å². The van der Waals surface area contributed by atoms with E-state index in [-0.39, 0.29) is 5.41 Å². The Hall–Kier alpha value is -1.85. The van der Waals surface area contributed by atoms with E-state index in [0.717, 1.165) is 63.2 Å². The Morgan fingerprint density at radius 2 is 1.53 bits per heavy atom. The molecule has 0 atom stereocenters. The maximum Gasteiger partial charge on any atom is 0.306 e. The van der Waals surface area contributed by atoms with Gasteiger partial charge in [0.25, 0.3) is 0 Å². The van der Waals surface area contributed by atoms with Crippen molar-refractivity contribution in [1.82, 2.24) is 0 Å². The number of benzene rings is 2. The van der Waals surface area contributed by atoms with E-state index >= 15 is 0 Å². The molecule has 2 aromatic rings. The van der Waals surface area contributed by atoms with Crippen LogP contribution in [0, 0.1) is 13.8 Å². The van der Waals surface area contributed by atoms with Crippen LogP contribution in [0.5, 0.6) is 5.75 Å². The number of aliphatic hydroxyl groups is 1. The molecule has 176 valence electrons. The highest BCUT2D eigenvalue weighted by Gasteiger charge is 2.33. The van der Waals surface area contributed by atoms with E-state index < -0.39 is 15.7 Å². The molecule has 1 saturated carbocycles. The van der Waals surface area contributed by atoms with Gasteiger partial charge < -0.3 is 9.29 Å². The van der Waals surface area contributed by atoms with E-state index in [9.17, 15) is 13.5 Å². The standard InChI is InChI=1S/C27H38O4S/c1-6-27(7-2,24-12-13-25(21(4)19-24)31-32(5,29)30)23-11-10-22(20(3)18-23)14-17-26(28)15-8-9-16-26/h10-13,18-19,28H,6-9,14-17H2,1-5H3. The van der Waals surface area contributed by atoms with Crippen molar-refractivity contribution in [3.8, 4) is 5.75 Å². The molecule has 0 radical (unpaired) electrons. The second-order valence-electron chi connectivity index (χ2n) is 9.63. The second kappa shape index (κ2) is 9.56. The fraction of sp³-hybridized carbons (Fsp3) is 0.556. The summed E-state index contributed by atoms with van der Waals surface area (Å²) in [6.07, 6.45) is 8.81. The zero-order chi connectivity index (χ0) is 23.6. The lowest BCUT2D eigenvalue weighted by Gasteiger charge is -2.34. The molecule has 3 rings (SSSR count). The maximum atomic E-state index is 11.6. The van der Waals surface area contributed by atoms with Crippen LogP contribution in [0.3, 0.4) is 0 Å². The van der Waals surface area contributed by atoms with Crippen LogP contribution >= 0.6 is 0 Å². The average molecular weight is 459 g/mol. The minimum Gasteiger partial charge on any atom is -0.390 e. The van der Waals surface area contributed by atoms with Crippen molar-refractivity contribution in [2.45, 2.75) is 90.1 Å². The summed E-state index contributed by atoms with van der Waals surface area (Å²) in [7, 11) is -3.56. The topological polar surface area (TPSA) is 63.6 Å². The summed E-state index contributed by atoms with van der Waals surface area (Å²) in [5.41, 5.74) is 5.22. The van der Waals surface area contributed by atoms with E-state index in [4.69, 9.17) is 4.18 Å². The summed E-state index contributed by atoms with van der Waals surface area (Å²) in [5, 5.41) is 10.7. The Bertz CT molecular complexity index is 1050. The van der Waals surface area contributed by atoms with Gasteiger partial charge in [0.1, 0.15) is 5.75 Å². The fourth-order valence-electron chi connectivity index (χ4n) is 5.36. The predicted octanol–water partition coefficient (Wildman–Crippen LogP) is 5.99. The normalized spacial score (nSPS) is 16.3. The molecular weight excluding hydrogens is 420 g/mol. The van der Waals surface area contributed by atoms with Gasteiger partial charge in [0.15, 0.2) is 0 Å². The molecule has 0 heterocycles. The summed E-state index contributed by atoms with van der Waals surface area (Å²) in [6, 6.07) is 12.6. The van der Waals surface area contributed by atoms with E-state index in [1.54, 1.807) is 6.07 Å². The monoisotopic (exact) mass is 458 g/mol. The minimum absolute atomic E-state index is 0.151. The molecule has 2 aromatic carbocycles. The summed E-state index contributed by atoms with van der Waals surface area (Å²) in [5.74, 6) is 0.383. The van der Waals surface area contributed by atoms with Gasteiger partial charge in [0.2, 0.25) is 0 Å². The molecule has 0 amide bonds. The van der Waals surface area contributed by atoms with Crippen LogP contribution in [0.4, 0.5) is 0 Å². The van der Waals surface area contributed by atoms with Gasteiger partial charge in [-0.3, -0.25) is 0 Å². The first-order chi connectivity index (χ1) is 15.0. The van der Waals surface area contributed by atoms with E-state index in [1.165, 1.54) is 22.3 Å². The van der Waals surface area contributed by atoms with Gasteiger partial charge >= 0.3 is 10.1 Å². The molecule has 0 bridgehead atoms. The number of aryl methyl sites for hydroxylation is 3. The van der Waals surface area contributed by atoms with Crippen molar-refractivity contribution in [2.75, 3.05) is 6.26 Å². The summed E-state index contributed by atoms with van der Waals surface area (Å²) < 4.78 is 28.3. The first-order valence-corrected chi connectivity index (χ1v) is 13.7. The lowest BCUT2D eigenvalue weighted by Crippen LogP contribution is -2.27. The number of hydrogen-bond acceptors (Lipinski definition) is 4. The van der Waals surface area contributed by atoms with Gasteiger partial charge in [0, 0.05) is 5.41 Å². The second-order valence-corrected chi connectivity index (χ2v) is 11.2. The Morgan fingerprint density at radius 3 is 2.03 bits per heavy atom. The van der Waals surface area contributed by atoms with Crippen LogP contribution in [0.2, 0.25) is 0 Å². The Morgan fingerprint density at radius 1 is 0.969 bits per heavy atom. The highest BCUT2D eigenvalue weighted by molar-refractivity contribution is 7.86. The number of hydrogen-bond donors (Lipinski definition) is 1. The number of rotatable bonds is 9. The third kappa shape index (κ3) is 5.37. The fourth-order valence-corrected chi connectivity index (χ4v) is 5.87. The van der Waals surface area contributed by atoms with E-state index in [0.29, 0.717) is 5.75 Å². The maximum absolute atomic E-state index is 11.6. The SMILES string of the molecule is CCC(CC)(c1ccc(CCC2(O)CCCC2)c(C)c1)c1ccc(OS(C)(=O)=O)c(C)c1. The van der Waals surface area contributed by atoms with Crippen LogP contribution in [-0.2, 0) is 22.0 Å². The van der Waals surface area contributed by atoms with Crippen molar-refractivity contribution in [3.05, 3.63) is 64.2 Å². The minimum atomic E-state index is -3.56. The van der Waals surface area contributed by atoms with Gasteiger partial charge in [-0.2, -0.15) is 8.42 Å². The van der Waals surface area contributed by atoms with Crippen LogP contribution in [0.15, 0.2) is 36.4 Å². The van der Waals surface area contributed by atoms with Crippen molar-refractivity contribution >= 4 is 10.1 Å². The van der Waals surface area contributed by atoms with Gasteiger partial charge in [0.05, 0.1) is 11.9 Å². The van der Waals surface area contributed by atoms with Gasteiger partial charge in [-0.15, -0.1) is 0 Å². The molecule has 0 saturated heterocycles. The average Bonchev–Trinajstić information content (AvgIpc) is 3.16. The van der Waals surface area contributed by atoms with Crippen LogP contribution in [0.25, 0.3) is 0 Å². The molecule has 0 unspecified atom stereocenters. The molecule has 0 spiro atoms. The molecule has 5 heteroatoms. The lowest BCUT2D eigenvalue weighted by atomic mass is 9.69. The van der Waals surface area contributed by atoms with Crippen LogP contribution < -0.4 is 4.18 Å². The van der Waals surface area contributed by atoms with Crippen LogP contribution in [0.1, 0.15) is 86.6 Å². The molecule has 32 heavy (non-hydrogen) atoms. The van der Waals surface area contributed by atoms with Gasteiger partial charge in [-0.1, -0.05) is 57.0 Å². The van der Waals surface area contributed by atoms with Crippen molar-refractivity contribution in [1.29, 1.82) is 0 Å². The smallest absolute Gasteiger partial charge is 0.306 e. The summed E-state index contributed by atoms with van der Waals surface area (Å²) >= 11 is 0. The van der Waals surface area contributed by atoms with Gasteiger partial charge in [-0.25, -0.2) is 0 Å². The van der Waals surface area contributed by atoms with E-state index in [2.05, 4.69) is 45.0 Å². The summed E-state index contributed by atoms with van der Waals surface area (Å²) in [4.78, 5) is 0. The zero-order valence-electron chi connectivity index (χ0n) is 20.2. The van der Waals surface area contributed by atoms with Crippen molar-refractivity contribution in [3.63, 3.8) is 0 Å². The highest BCUT2D eigenvalue weighted by Crippen LogP contribution is 2.41. The molecule has 0 aromatic heterocycles. The Kier molecular flexibility index (Phi) is 7.41.